The minimum absolute atomic E-state index is 0.119. The fourth-order valence-corrected chi connectivity index (χ4v) is 3.44. The molecule has 2 aromatic carbocycles. The molecule has 0 bridgehead atoms. The number of carbonyl (C=O) groups is 1. The molecule has 0 radical (unpaired) electrons. The van der Waals surface area contributed by atoms with Crippen LogP contribution in [0.2, 0.25) is 0 Å². The normalized spacial score (nSPS) is 15.0. The molecule has 0 aliphatic carbocycles. The van der Waals surface area contributed by atoms with Crippen molar-refractivity contribution in [2.45, 2.75) is 19.3 Å². The number of benzene rings is 2. The Morgan fingerprint density at radius 3 is 2.41 bits per heavy atom. The molecule has 0 atom stereocenters. The Morgan fingerprint density at radius 1 is 1.04 bits per heavy atom. The molecule has 0 unspecified atom stereocenters. The van der Waals surface area contributed by atoms with Crippen molar-refractivity contribution in [2.75, 3.05) is 39.8 Å². The molecule has 0 spiro atoms. The zero-order chi connectivity index (χ0) is 19.1. The smallest absolute Gasteiger partial charge is 0.227 e. The van der Waals surface area contributed by atoms with Gasteiger partial charge in [-0.15, -0.1) is 0 Å². The second-order valence-corrected chi connectivity index (χ2v) is 6.94. The van der Waals surface area contributed by atoms with Crippen molar-refractivity contribution in [3.8, 4) is 5.75 Å². The molecule has 144 valence electrons. The number of amides is 1. The first-order valence-electron chi connectivity index (χ1n) is 9.52. The van der Waals surface area contributed by atoms with Gasteiger partial charge in [0, 0.05) is 26.2 Å². The zero-order valence-corrected chi connectivity index (χ0v) is 15.9. The molecule has 4 nitrogen and oxygen atoms in total. The van der Waals surface area contributed by atoms with Gasteiger partial charge in [0.25, 0.3) is 0 Å². The molecular weight excluding hydrogens is 343 g/mol. The van der Waals surface area contributed by atoms with Crippen LogP contribution in [-0.2, 0) is 17.6 Å². The lowest BCUT2D eigenvalue weighted by molar-refractivity contribution is -0.132. The first-order chi connectivity index (χ1) is 13.2. The van der Waals surface area contributed by atoms with E-state index >= 15 is 0 Å². The van der Waals surface area contributed by atoms with Gasteiger partial charge in [-0.3, -0.25) is 9.69 Å². The van der Waals surface area contributed by atoms with Crippen LogP contribution < -0.4 is 4.74 Å². The number of nitrogens with zero attached hydrogens (tertiary/aromatic N) is 2. The molecule has 0 N–H and O–H groups in total. The van der Waals surface area contributed by atoms with Crippen LogP contribution in [0.15, 0.2) is 48.5 Å². The number of halogens is 1. The molecule has 0 aromatic heterocycles. The van der Waals surface area contributed by atoms with Gasteiger partial charge >= 0.3 is 0 Å². The quantitative estimate of drug-likeness (QED) is 0.751. The number of hydrogen-bond acceptors (Lipinski definition) is 3. The van der Waals surface area contributed by atoms with Gasteiger partial charge in [-0.05, 0) is 48.7 Å². The summed E-state index contributed by atoms with van der Waals surface area (Å²) in [6.45, 7) is 4.22. The van der Waals surface area contributed by atoms with Gasteiger partial charge in [-0.25, -0.2) is 4.39 Å². The van der Waals surface area contributed by atoms with Crippen LogP contribution in [0.4, 0.5) is 4.39 Å². The Balaban J connectivity index is 1.39. The highest BCUT2D eigenvalue weighted by atomic mass is 19.1. The Labute approximate surface area is 160 Å². The minimum Gasteiger partial charge on any atom is -0.497 e. The Bertz CT molecular complexity index is 740. The molecule has 1 aliphatic rings. The molecule has 27 heavy (non-hydrogen) atoms. The van der Waals surface area contributed by atoms with E-state index in [-0.39, 0.29) is 11.7 Å². The summed E-state index contributed by atoms with van der Waals surface area (Å²) in [6, 6.07) is 14.6. The lowest BCUT2D eigenvalue weighted by Gasteiger charge is -2.34. The Morgan fingerprint density at radius 2 is 1.74 bits per heavy atom. The molecule has 1 saturated heterocycles. The largest absolute Gasteiger partial charge is 0.497 e. The summed E-state index contributed by atoms with van der Waals surface area (Å²) in [6.07, 6.45) is 2.11. The van der Waals surface area contributed by atoms with Gasteiger partial charge in [0.05, 0.1) is 13.5 Å². The van der Waals surface area contributed by atoms with Gasteiger partial charge in [-0.1, -0.05) is 30.3 Å². The van der Waals surface area contributed by atoms with E-state index in [4.69, 9.17) is 4.74 Å². The van der Waals surface area contributed by atoms with E-state index in [0.29, 0.717) is 6.42 Å². The first-order valence-corrected chi connectivity index (χ1v) is 9.52. The fourth-order valence-electron chi connectivity index (χ4n) is 3.44. The van der Waals surface area contributed by atoms with E-state index in [0.717, 1.165) is 62.4 Å². The third-order valence-corrected chi connectivity index (χ3v) is 5.12. The van der Waals surface area contributed by atoms with Crippen LogP contribution in [0.1, 0.15) is 17.5 Å². The predicted molar refractivity (Wildman–Crippen MR) is 104 cm³/mol. The molecule has 1 amide bonds. The number of piperazine rings is 1. The lowest BCUT2D eigenvalue weighted by atomic mass is 10.1. The van der Waals surface area contributed by atoms with E-state index in [1.165, 1.54) is 6.07 Å². The average Bonchev–Trinajstić information content (AvgIpc) is 2.70. The number of methoxy groups -OCH3 is 1. The Hall–Kier alpha value is -2.40. The van der Waals surface area contributed by atoms with Gasteiger partial charge in [-0.2, -0.15) is 0 Å². The molecular formula is C22H27FN2O2. The third-order valence-electron chi connectivity index (χ3n) is 5.12. The molecule has 0 saturated carbocycles. The van der Waals surface area contributed by atoms with Crippen LogP contribution in [-0.4, -0.2) is 55.5 Å². The van der Waals surface area contributed by atoms with Crippen LogP contribution >= 0.6 is 0 Å². The van der Waals surface area contributed by atoms with E-state index < -0.39 is 0 Å². The highest BCUT2D eigenvalue weighted by Gasteiger charge is 2.20. The number of ether oxygens (including phenoxy) is 1. The first kappa shape index (κ1) is 19.4. The fraction of sp³-hybridized carbons (Fsp3) is 0.409. The van der Waals surface area contributed by atoms with Crippen LogP contribution in [0.5, 0.6) is 5.75 Å². The molecule has 1 aliphatic heterocycles. The summed E-state index contributed by atoms with van der Waals surface area (Å²) in [5.74, 6) is 0.854. The van der Waals surface area contributed by atoms with Crippen molar-refractivity contribution < 1.29 is 13.9 Å². The highest BCUT2D eigenvalue weighted by molar-refractivity contribution is 5.78. The molecule has 1 fully saturated rings. The van der Waals surface area contributed by atoms with Crippen LogP contribution in [0.3, 0.4) is 0 Å². The van der Waals surface area contributed by atoms with Crippen LogP contribution in [0.25, 0.3) is 0 Å². The second kappa shape index (κ2) is 9.51. The predicted octanol–water partition coefficient (Wildman–Crippen LogP) is 3.15. The monoisotopic (exact) mass is 370 g/mol. The maximum Gasteiger partial charge on any atom is 0.227 e. The van der Waals surface area contributed by atoms with Crippen molar-refractivity contribution >= 4 is 5.91 Å². The molecule has 2 aromatic rings. The van der Waals surface area contributed by atoms with E-state index in [1.54, 1.807) is 13.2 Å². The van der Waals surface area contributed by atoms with E-state index in [2.05, 4.69) is 4.90 Å². The van der Waals surface area contributed by atoms with E-state index in [1.807, 2.05) is 41.3 Å². The maximum atomic E-state index is 13.7. The van der Waals surface area contributed by atoms with Crippen molar-refractivity contribution in [1.82, 2.24) is 9.80 Å². The van der Waals surface area contributed by atoms with Crippen LogP contribution in [0, 0.1) is 5.82 Å². The highest BCUT2D eigenvalue weighted by Crippen LogP contribution is 2.14. The zero-order valence-electron chi connectivity index (χ0n) is 15.9. The van der Waals surface area contributed by atoms with Gasteiger partial charge in [0.1, 0.15) is 11.6 Å². The Kier molecular flexibility index (Phi) is 6.82. The summed E-state index contributed by atoms with van der Waals surface area (Å²) in [7, 11) is 1.63. The molecule has 3 rings (SSSR count). The average molecular weight is 370 g/mol. The number of hydrogen-bond donors (Lipinski definition) is 0. The summed E-state index contributed by atoms with van der Waals surface area (Å²) in [5, 5.41) is 0. The summed E-state index contributed by atoms with van der Waals surface area (Å²) in [4.78, 5) is 16.8. The molecule has 5 heteroatoms. The summed E-state index contributed by atoms with van der Waals surface area (Å²) >= 11 is 0. The van der Waals surface area contributed by atoms with Crippen molar-refractivity contribution in [3.63, 3.8) is 0 Å². The topological polar surface area (TPSA) is 32.8 Å². The van der Waals surface area contributed by atoms with Crippen molar-refractivity contribution in [1.29, 1.82) is 0 Å². The standard InChI is InChI=1S/C22H27FN2O2/c1-27-20-10-8-18(9-11-20)17-22(26)25-15-13-24(14-16-25)12-4-6-19-5-2-3-7-21(19)23/h2-3,5,7-11H,4,6,12-17H2,1H3. The van der Waals surface area contributed by atoms with Crippen molar-refractivity contribution in [3.05, 3.63) is 65.5 Å². The molecule has 1 heterocycles. The maximum absolute atomic E-state index is 13.7. The third kappa shape index (κ3) is 5.54. The summed E-state index contributed by atoms with van der Waals surface area (Å²) in [5.41, 5.74) is 1.79. The van der Waals surface area contributed by atoms with Crippen molar-refractivity contribution in [2.24, 2.45) is 0 Å². The summed E-state index contributed by atoms with van der Waals surface area (Å²) < 4.78 is 18.8. The SMILES string of the molecule is COc1ccc(CC(=O)N2CCN(CCCc3ccccc3F)CC2)cc1. The minimum atomic E-state index is -0.119. The number of carbonyl (C=O) groups excluding carboxylic acids is 1. The lowest BCUT2D eigenvalue weighted by Crippen LogP contribution is -2.49. The number of aryl methyl sites for hydroxylation is 1. The number of rotatable bonds is 7. The van der Waals surface area contributed by atoms with Gasteiger partial charge < -0.3 is 9.64 Å². The van der Waals surface area contributed by atoms with Gasteiger partial charge in [0.2, 0.25) is 5.91 Å². The second-order valence-electron chi connectivity index (χ2n) is 6.94. The van der Waals surface area contributed by atoms with E-state index in [9.17, 15) is 9.18 Å². The van der Waals surface area contributed by atoms with Gasteiger partial charge in [0.15, 0.2) is 0 Å².